The second-order valence-electron chi connectivity index (χ2n) is 3.88. The summed E-state index contributed by atoms with van der Waals surface area (Å²) in [5.41, 5.74) is 0. The Morgan fingerprint density at radius 2 is 2.20 bits per heavy atom. The molecule has 0 spiro atoms. The van der Waals surface area contributed by atoms with E-state index in [-0.39, 0.29) is 18.2 Å². The first-order valence-corrected chi connectivity index (χ1v) is 7.21. The van der Waals surface area contributed by atoms with E-state index in [1.165, 1.54) is 6.07 Å². The van der Waals surface area contributed by atoms with Gasteiger partial charge in [0.05, 0.1) is 0 Å². The SMILES string of the molecule is CCc1noc(COc2ccc(F)cc2S(N)(=O)=O)n1. The van der Waals surface area contributed by atoms with Crippen LogP contribution >= 0.6 is 0 Å². The Morgan fingerprint density at radius 3 is 2.80 bits per heavy atom. The minimum atomic E-state index is -4.09. The molecule has 0 bridgehead atoms. The van der Waals surface area contributed by atoms with Crippen LogP contribution in [0.4, 0.5) is 4.39 Å². The lowest BCUT2D eigenvalue weighted by atomic mass is 10.3. The molecular formula is C11H12FN3O4S. The third-order valence-corrected chi connectivity index (χ3v) is 3.32. The summed E-state index contributed by atoms with van der Waals surface area (Å²) in [6.45, 7) is 1.72. The molecular weight excluding hydrogens is 289 g/mol. The number of rotatable bonds is 5. The molecule has 0 aliphatic heterocycles. The maximum absolute atomic E-state index is 13.1. The highest BCUT2D eigenvalue weighted by atomic mass is 32.2. The van der Waals surface area contributed by atoms with Gasteiger partial charge in [0, 0.05) is 6.42 Å². The smallest absolute Gasteiger partial charge is 0.264 e. The van der Waals surface area contributed by atoms with Gasteiger partial charge < -0.3 is 9.26 Å². The van der Waals surface area contributed by atoms with Crippen molar-refractivity contribution < 1.29 is 22.1 Å². The zero-order chi connectivity index (χ0) is 14.8. The number of hydrogen-bond acceptors (Lipinski definition) is 6. The maximum Gasteiger partial charge on any atom is 0.264 e. The highest BCUT2D eigenvalue weighted by molar-refractivity contribution is 7.89. The highest BCUT2D eigenvalue weighted by Gasteiger charge is 2.17. The molecule has 2 aromatic rings. The Kier molecular flexibility index (Phi) is 4.00. The topological polar surface area (TPSA) is 108 Å². The first-order valence-electron chi connectivity index (χ1n) is 5.66. The fourth-order valence-corrected chi connectivity index (χ4v) is 2.14. The van der Waals surface area contributed by atoms with Crippen molar-refractivity contribution in [3.63, 3.8) is 0 Å². The van der Waals surface area contributed by atoms with Crippen LogP contribution in [-0.4, -0.2) is 18.6 Å². The van der Waals surface area contributed by atoms with E-state index in [0.29, 0.717) is 12.2 Å². The van der Waals surface area contributed by atoms with Gasteiger partial charge in [-0.05, 0) is 18.2 Å². The minimum Gasteiger partial charge on any atom is -0.482 e. The fourth-order valence-electron chi connectivity index (χ4n) is 1.46. The minimum absolute atomic E-state index is 0.0786. The third-order valence-electron chi connectivity index (χ3n) is 2.39. The van der Waals surface area contributed by atoms with Crippen molar-refractivity contribution >= 4 is 10.0 Å². The van der Waals surface area contributed by atoms with Gasteiger partial charge in [-0.15, -0.1) is 0 Å². The molecule has 0 atom stereocenters. The van der Waals surface area contributed by atoms with Gasteiger partial charge in [-0.25, -0.2) is 17.9 Å². The lowest BCUT2D eigenvalue weighted by molar-refractivity contribution is 0.237. The van der Waals surface area contributed by atoms with Gasteiger partial charge in [0.25, 0.3) is 5.89 Å². The van der Waals surface area contributed by atoms with Gasteiger partial charge in [0.1, 0.15) is 16.5 Å². The Hall–Kier alpha value is -2.00. The molecule has 1 heterocycles. The summed E-state index contributed by atoms with van der Waals surface area (Å²) in [4.78, 5) is 3.56. The van der Waals surface area contributed by atoms with Crippen LogP contribution in [0.2, 0.25) is 0 Å². The van der Waals surface area contributed by atoms with Crippen LogP contribution in [0.25, 0.3) is 0 Å². The monoisotopic (exact) mass is 301 g/mol. The van der Waals surface area contributed by atoms with Gasteiger partial charge in [0.15, 0.2) is 12.4 Å². The second-order valence-corrected chi connectivity index (χ2v) is 5.41. The van der Waals surface area contributed by atoms with Gasteiger partial charge in [0.2, 0.25) is 10.0 Å². The van der Waals surface area contributed by atoms with E-state index in [2.05, 4.69) is 10.1 Å². The van der Waals surface area contributed by atoms with Gasteiger partial charge in [-0.3, -0.25) is 0 Å². The largest absolute Gasteiger partial charge is 0.482 e. The zero-order valence-electron chi connectivity index (χ0n) is 10.5. The van der Waals surface area contributed by atoms with Crippen LogP contribution in [0.15, 0.2) is 27.6 Å². The molecule has 1 aromatic heterocycles. The van der Waals surface area contributed by atoms with E-state index >= 15 is 0 Å². The molecule has 0 amide bonds. The van der Waals surface area contributed by atoms with E-state index < -0.39 is 20.7 Å². The van der Waals surface area contributed by atoms with Crippen molar-refractivity contribution in [3.05, 3.63) is 35.7 Å². The number of sulfonamides is 1. The maximum atomic E-state index is 13.1. The number of nitrogens with zero attached hydrogens (tertiary/aromatic N) is 2. The van der Waals surface area contributed by atoms with E-state index in [1.54, 1.807) is 0 Å². The summed E-state index contributed by atoms with van der Waals surface area (Å²) in [5, 5.41) is 8.66. The van der Waals surface area contributed by atoms with Crippen LogP contribution < -0.4 is 9.88 Å². The quantitative estimate of drug-likeness (QED) is 0.882. The number of benzene rings is 1. The van der Waals surface area contributed by atoms with E-state index in [0.717, 1.165) is 12.1 Å². The van der Waals surface area contributed by atoms with Crippen molar-refractivity contribution in [2.45, 2.75) is 24.8 Å². The number of hydrogen-bond donors (Lipinski definition) is 1. The zero-order valence-corrected chi connectivity index (χ0v) is 11.4. The molecule has 2 rings (SSSR count). The van der Waals surface area contributed by atoms with Crippen LogP contribution in [0.3, 0.4) is 0 Å². The third kappa shape index (κ3) is 3.31. The van der Waals surface area contributed by atoms with Crippen molar-refractivity contribution in [1.29, 1.82) is 0 Å². The standard InChI is InChI=1S/C11H12FN3O4S/c1-2-10-14-11(19-15-10)6-18-8-4-3-7(12)5-9(8)20(13,16)17/h3-5H,2,6H2,1H3,(H2,13,16,17). The van der Waals surface area contributed by atoms with Crippen molar-refractivity contribution in [1.82, 2.24) is 10.1 Å². The summed E-state index contributed by atoms with van der Waals surface area (Å²) in [5.74, 6) is -0.112. The Morgan fingerprint density at radius 1 is 1.45 bits per heavy atom. The average Bonchev–Trinajstić information content (AvgIpc) is 2.84. The second kappa shape index (κ2) is 5.55. The molecule has 0 radical (unpaired) electrons. The van der Waals surface area contributed by atoms with Crippen LogP contribution in [-0.2, 0) is 23.1 Å². The summed E-state index contributed by atoms with van der Waals surface area (Å²) in [6, 6.07) is 3.03. The summed E-state index contributed by atoms with van der Waals surface area (Å²) in [6.07, 6.45) is 0.600. The van der Waals surface area contributed by atoms with Gasteiger partial charge in [-0.2, -0.15) is 4.98 Å². The molecule has 0 saturated carbocycles. The molecule has 7 nitrogen and oxygen atoms in total. The molecule has 20 heavy (non-hydrogen) atoms. The van der Waals surface area contributed by atoms with Crippen molar-refractivity contribution in [3.8, 4) is 5.75 Å². The number of ether oxygens (including phenoxy) is 1. The normalized spacial score (nSPS) is 11.6. The van der Waals surface area contributed by atoms with Crippen molar-refractivity contribution in [2.75, 3.05) is 0 Å². The Balaban J connectivity index is 2.21. The van der Waals surface area contributed by atoms with Crippen molar-refractivity contribution in [2.24, 2.45) is 5.14 Å². The molecule has 9 heteroatoms. The molecule has 0 aliphatic carbocycles. The Bertz CT molecular complexity index is 714. The van der Waals surface area contributed by atoms with Crippen LogP contribution in [0.5, 0.6) is 5.75 Å². The average molecular weight is 301 g/mol. The summed E-state index contributed by atoms with van der Waals surface area (Å²) in [7, 11) is -4.09. The number of aromatic nitrogens is 2. The summed E-state index contributed by atoms with van der Waals surface area (Å²) >= 11 is 0. The predicted octanol–water partition coefficient (Wildman–Crippen LogP) is 0.997. The van der Waals surface area contributed by atoms with Crippen LogP contribution in [0, 0.1) is 5.82 Å². The van der Waals surface area contributed by atoms with E-state index in [4.69, 9.17) is 14.4 Å². The molecule has 0 aliphatic rings. The first kappa shape index (κ1) is 14.4. The van der Waals surface area contributed by atoms with Crippen LogP contribution in [0.1, 0.15) is 18.6 Å². The first-order chi connectivity index (χ1) is 9.40. The molecule has 0 saturated heterocycles. The molecule has 2 N–H and O–H groups in total. The van der Waals surface area contributed by atoms with E-state index in [9.17, 15) is 12.8 Å². The number of nitrogens with two attached hydrogens (primary N) is 1. The highest BCUT2D eigenvalue weighted by Crippen LogP contribution is 2.24. The predicted molar refractivity (Wildman–Crippen MR) is 65.8 cm³/mol. The number of aryl methyl sites for hydroxylation is 1. The molecule has 108 valence electrons. The number of halogens is 1. The molecule has 0 unspecified atom stereocenters. The lowest BCUT2D eigenvalue weighted by Crippen LogP contribution is -2.14. The molecule has 1 aromatic carbocycles. The summed E-state index contributed by atoms with van der Waals surface area (Å²) < 4.78 is 45.9. The molecule has 0 fully saturated rings. The fraction of sp³-hybridized carbons (Fsp3) is 0.273. The number of primary sulfonamides is 1. The van der Waals surface area contributed by atoms with E-state index in [1.807, 2.05) is 6.92 Å². The van der Waals surface area contributed by atoms with Gasteiger partial charge in [-0.1, -0.05) is 12.1 Å². The lowest BCUT2D eigenvalue weighted by Gasteiger charge is -2.08. The Labute approximate surface area is 114 Å². The van der Waals surface area contributed by atoms with Gasteiger partial charge >= 0.3 is 0 Å².